The van der Waals surface area contributed by atoms with E-state index in [0.29, 0.717) is 32.3 Å². The van der Waals surface area contributed by atoms with E-state index in [2.05, 4.69) is 75.9 Å². The van der Waals surface area contributed by atoms with Gasteiger partial charge in [0.15, 0.2) is 26.8 Å². The van der Waals surface area contributed by atoms with Crippen LogP contribution in [-0.2, 0) is 41.5 Å². The van der Waals surface area contributed by atoms with Crippen LogP contribution in [0.5, 0.6) is 0 Å². The number of aliphatic hydroxyl groups is 1. The van der Waals surface area contributed by atoms with E-state index in [1.165, 1.54) is 73.0 Å². The molecule has 103 heavy (non-hydrogen) atoms. The van der Waals surface area contributed by atoms with Gasteiger partial charge in [0, 0.05) is 86.5 Å². The average Bonchev–Trinajstić information content (AvgIpc) is 1.77. The average molecular weight is 1570 g/mol. The predicted molar refractivity (Wildman–Crippen MR) is 376 cm³/mol. The maximum absolute atomic E-state index is 13.7. The Balaban J connectivity index is 0.000000326. The molecule has 7 N–H and O–H groups in total. The number of halogens is 9. The number of hydrogen-bond donors (Lipinski definition) is 6. The Morgan fingerprint density at radius 3 is 1.50 bits per heavy atom. The van der Waals surface area contributed by atoms with E-state index in [9.17, 15) is 73.8 Å². The molecule has 0 radical (unpaired) electrons. The number of aliphatic carboxylic acids is 1. The van der Waals surface area contributed by atoms with Crippen molar-refractivity contribution in [1.29, 1.82) is 0 Å². The van der Waals surface area contributed by atoms with Crippen LogP contribution in [0.25, 0.3) is 0 Å². The second-order valence-corrected chi connectivity index (χ2v) is 28.5. The van der Waals surface area contributed by atoms with Gasteiger partial charge in [0.25, 0.3) is 5.91 Å². The number of carbonyl (C=O) groups is 7. The number of benzene rings is 4. The first-order valence-electron chi connectivity index (χ1n) is 30.0. The molecular weight excluding hydrogens is 1500 g/mol. The second kappa shape index (κ2) is 42.6. The number of carbonyl (C=O) groups excluding carboxylic acids is 6. The number of nitrogens with zero attached hydrogens (tertiary/aromatic N) is 8. The van der Waals surface area contributed by atoms with Crippen molar-refractivity contribution in [2.24, 2.45) is 10.2 Å². The van der Waals surface area contributed by atoms with Crippen molar-refractivity contribution in [1.82, 2.24) is 30.0 Å². The molecule has 0 spiro atoms. The van der Waals surface area contributed by atoms with E-state index >= 15 is 0 Å². The summed E-state index contributed by atoms with van der Waals surface area (Å²) in [5.41, 5.74) is 4.68. The third kappa shape index (κ3) is 32.5. The van der Waals surface area contributed by atoms with Gasteiger partial charge < -0.3 is 32.3 Å². The van der Waals surface area contributed by atoms with E-state index in [4.69, 9.17) is 20.3 Å². The minimum Gasteiger partial charge on any atom is -0.477 e. The molecule has 548 valence electrons. The van der Waals surface area contributed by atoms with Crippen LogP contribution in [-0.4, -0.2) is 119 Å². The summed E-state index contributed by atoms with van der Waals surface area (Å²) < 4.78 is 115. The Morgan fingerprint density at radius 2 is 1.05 bits per heavy atom. The minimum absolute atomic E-state index is 0. The number of aromatic nitrogens is 4. The van der Waals surface area contributed by atoms with Gasteiger partial charge >= 0.3 is 37.0 Å². The molecule has 0 saturated heterocycles. The molecule has 5 amide bonds. The summed E-state index contributed by atoms with van der Waals surface area (Å²) >= 11 is 7.97. The topological polar surface area (TPSA) is 323 Å². The van der Waals surface area contributed by atoms with Crippen LogP contribution in [0.2, 0.25) is 0 Å². The zero-order chi connectivity index (χ0) is 76.2. The van der Waals surface area contributed by atoms with Crippen molar-refractivity contribution in [2.45, 2.75) is 117 Å². The molecule has 0 aliphatic carbocycles. The van der Waals surface area contributed by atoms with Gasteiger partial charge in [-0.15, -0.1) is 22.7 Å². The number of thiazole rings is 4. The third-order valence-corrected chi connectivity index (χ3v) is 16.3. The van der Waals surface area contributed by atoms with Crippen LogP contribution in [0, 0.1) is 53.5 Å². The predicted octanol–water partition coefficient (Wildman–Crippen LogP) is 12.3. The van der Waals surface area contributed by atoms with Gasteiger partial charge in [-0.05, 0) is 141 Å². The zero-order valence-electron chi connectivity index (χ0n) is 57.0. The number of nitrogens with two attached hydrogens (primary N) is 1. The molecule has 2 aliphatic heterocycles. The van der Waals surface area contributed by atoms with Gasteiger partial charge in [-0.1, -0.05) is 36.0 Å². The fraction of sp³-hybridized carbons (Fsp3) is 0.303. The van der Waals surface area contributed by atoms with Gasteiger partial charge in [-0.25, -0.2) is 79.5 Å². The Labute approximate surface area is 623 Å². The molecule has 2 aliphatic rings. The summed E-state index contributed by atoms with van der Waals surface area (Å²) in [6.07, 6.45) is 7.44. The minimum atomic E-state index is -1.38. The number of carboxylic acid groups (broad SMARTS) is 1. The number of hydrazone groups is 2. The number of aliphatic hydroxyl groups excluding tert-OH is 1. The molecule has 0 fully saturated rings. The van der Waals surface area contributed by atoms with Crippen molar-refractivity contribution >= 4 is 135 Å². The molecule has 1 atom stereocenters. The van der Waals surface area contributed by atoms with E-state index in [1.54, 1.807) is 33.2 Å². The first-order valence-corrected chi connectivity index (χ1v) is 34.1. The fourth-order valence-electron chi connectivity index (χ4n) is 7.46. The summed E-state index contributed by atoms with van der Waals surface area (Å²) in [4.78, 5) is 95.1. The number of unbranched alkanes of at least 4 members (excludes halogenated alkanes) is 1. The molecule has 0 bridgehead atoms. The Bertz CT molecular complexity index is 4250. The molecular formula is C66H70BrF8LiN12O11S4. The SMILES string of the molecule is CC(C)(C)OC(=O)Nc1ncc(Br)s1.CC(C)(C)OC(=O)Nc1ncc(C(O)c2cc(F)ccc2F)s1.CN1N=C(C(=O)Nc2ncc(Cc3cc(F)ccc3F)s2)CCC1=O.CN1N=C(C(=O)O)CCC1=O.Nc1ncc(Cc2cc(F)ccc2F)s1.O=Cc1cc(F)ccc1F.[CH2-]CCC.[Li+]. The molecule has 4 aromatic heterocycles. The molecule has 10 rings (SSSR count). The molecule has 0 saturated carbocycles. The Morgan fingerprint density at radius 1 is 0.621 bits per heavy atom. The smallest absolute Gasteiger partial charge is 0.477 e. The normalized spacial score (nSPS) is 12.5. The van der Waals surface area contributed by atoms with Gasteiger partial charge in [0.05, 0.1) is 20.4 Å². The first kappa shape index (κ1) is 88.3. The number of carboxylic acids is 1. The first-order chi connectivity index (χ1) is 47.8. The Kier molecular flexibility index (Phi) is 36.6. The molecule has 8 aromatic rings. The number of aldehydes is 1. The summed E-state index contributed by atoms with van der Waals surface area (Å²) in [7, 11) is 2.94. The van der Waals surface area contributed by atoms with Gasteiger partial charge in [0.2, 0.25) is 11.8 Å². The summed E-state index contributed by atoms with van der Waals surface area (Å²) in [6, 6.07) is 12.2. The van der Waals surface area contributed by atoms with E-state index < -0.39 is 87.9 Å². The van der Waals surface area contributed by atoms with E-state index in [-0.39, 0.29) is 107 Å². The summed E-state index contributed by atoms with van der Waals surface area (Å²) in [6.45, 7) is 16.3. The number of anilines is 4. The van der Waals surface area contributed by atoms with Gasteiger partial charge in [0.1, 0.15) is 75.3 Å². The number of nitrogens with one attached hydrogen (secondary N) is 3. The maximum Gasteiger partial charge on any atom is 1.00 e. The van der Waals surface area contributed by atoms with Crippen molar-refractivity contribution in [2.75, 3.05) is 35.8 Å². The van der Waals surface area contributed by atoms with Crippen LogP contribution in [0.15, 0.2) is 112 Å². The number of hydrogen-bond acceptors (Lipinski definition) is 21. The third-order valence-electron chi connectivity index (χ3n) is 12.2. The second-order valence-electron chi connectivity index (χ2n) is 22.8. The van der Waals surface area contributed by atoms with Crippen LogP contribution < -0.4 is 40.5 Å². The van der Waals surface area contributed by atoms with Crippen LogP contribution in [0.3, 0.4) is 0 Å². The number of amides is 5. The Hall–Kier alpha value is -8.89. The summed E-state index contributed by atoms with van der Waals surface area (Å²) in [5, 5.41) is 37.4. The fourth-order valence-corrected chi connectivity index (χ4v) is 10.9. The number of nitrogen functional groups attached to an aromatic ring is 1. The summed E-state index contributed by atoms with van der Waals surface area (Å²) in [5.74, 6) is -6.33. The van der Waals surface area contributed by atoms with Crippen LogP contribution >= 0.6 is 61.3 Å². The molecule has 37 heteroatoms. The van der Waals surface area contributed by atoms with E-state index in [0.717, 1.165) is 103 Å². The maximum atomic E-state index is 13.7. The standard InChI is InChI=1S/C16H14F2N4O2S.C15H16F2N2O3S.C10H8F2N2S.C8H11BrN2O2S.C7H4F2O.C6H8N2O3.C4H9.Li/c1-22-14(23)5-4-13(21-22)15(24)20-16-19-8-11(25-16)7-9-6-10(17)2-3-12(9)18;1-15(2,3)22-14(21)19-13-18-7-11(23-13)12(20)9-6-8(16)4-5-10(9)17;11-7-1-2-9(12)6(3-7)4-8-5-14-10(13)15-8;1-8(2,3)13-7(12)11-6-10-4-5(9)14-6;8-6-1-2-7(9)5(3-6)4-10;1-8-5(9)3-2-4(7-8)6(10)11;1-3-4-2;/h2-3,6,8H,4-5,7H2,1H3,(H,19,20,24);4-7,12,20H,1-3H3,(H,18,19,21);1-3,5H,4H2,(H2,13,14);4H,1-3H3,(H,10,11,12);1-4H;2-3H2,1H3,(H,10,11);1,3-4H2,2H3;/q;;;;;;-1;+1. The number of ether oxygens (including phenoxy) is 2. The van der Waals surface area contributed by atoms with Gasteiger partial charge in [-0.3, -0.25) is 35.1 Å². The zero-order valence-corrected chi connectivity index (χ0v) is 61.9. The van der Waals surface area contributed by atoms with Crippen molar-refractivity contribution in [3.63, 3.8) is 0 Å². The number of rotatable bonds is 13. The van der Waals surface area contributed by atoms with Crippen molar-refractivity contribution in [3.8, 4) is 0 Å². The van der Waals surface area contributed by atoms with Crippen LogP contribution in [0.4, 0.5) is 65.2 Å². The van der Waals surface area contributed by atoms with Crippen molar-refractivity contribution < 1.29 is 107 Å². The molecule has 1 unspecified atom stereocenters. The quantitative estimate of drug-likeness (QED) is 0.0270. The van der Waals surface area contributed by atoms with Gasteiger partial charge in [-0.2, -0.15) is 16.6 Å². The van der Waals surface area contributed by atoms with E-state index in [1.807, 2.05) is 20.8 Å². The van der Waals surface area contributed by atoms with Crippen LogP contribution in [0.1, 0.15) is 135 Å². The van der Waals surface area contributed by atoms with Crippen molar-refractivity contribution in [3.05, 3.63) is 192 Å². The molecule has 6 heterocycles. The molecule has 23 nitrogen and oxygen atoms in total. The largest absolute Gasteiger partial charge is 1.00 e. The molecule has 4 aromatic carbocycles. The monoisotopic (exact) mass is 1570 g/mol.